The third-order valence-corrected chi connectivity index (χ3v) is 3.14. The van der Waals surface area contributed by atoms with E-state index in [0.717, 1.165) is 13.1 Å². The van der Waals surface area contributed by atoms with Crippen LogP contribution in [0.25, 0.3) is 0 Å². The van der Waals surface area contributed by atoms with Gasteiger partial charge in [0.2, 0.25) is 0 Å². The molecule has 5 nitrogen and oxygen atoms in total. The van der Waals surface area contributed by atoms with Crippen molar-refractivity contribution in [1.82, 2.24) is 15.0 Å². The van der Waals surface area contributed by atoms with E-state index in [1.54, 1.807) is 12.2 Å². The molecule has 2 rings (SSSR count). The second kappa shape index (κ2) is 4.93. The van der Waals surface area contributed by atoms with Gasteiger partial charge in [-0.2, -0.15) is 5.06 Å². The minimum Gasteiger partial charge on any atom is -0.351 e. The number of anilines is 1. The van der Waals surface area contributed by atoms with Crippen LogP contribution >= 0.6 is 0 Å². The number of likely N-dealkylation sites (N-methyl/N-ethyl adjacent to an activating group) is 1. The Labute approximate surface area is 100 Å². The molecule has 94 valence electrons. The lowest BCUT2D eigenvalue weighted by Crippen LogP contribution is -2.58. The summed E-state index contributed by atoms with van der Waals surface area (Å²) in [5.74, 6) is 0.103. The van der Waals surface area contributed by atoms with Crippen LogP contribution in [0.1, 0.15) is 12.6 Å². The molecular formula is C11H17FN4O. The zero-order valence-corrected chi connectivity index (χ0v) is 10.4. The third kappa shape index (κ3) is 2.23. The van der Waals surface area contributed by atoms with E-state index in [4.69, 9.17) is 4.84 Å². The maximum absolute atomic E-state index is 13.9. The van der Waals surface area contributed by atoms with Gasteiger partial charge in [-0.25, -0.2) is 14.4 Å². The number of hydrogen-bond donors (Lipinski definition) is 0. The molecule has 1 saturated heterocycles. The molecule has 1 aromatic rings. The van der Waals surface area contributed by atoms with E-state index in [-0.39, 0.29) is 5.82 Å². The van der Waals surface area contributed by atoms with Crippen molar-refractivity contribution in [2.24, 2.45) is 0 Å². The van der Waals surface area contributed by atoms with Crippen molar-refractivity contribution in [3.63, 3.8) is 0 Å². The van der Waals surface area contributed by atoms with Crippen molar-refractivity contribution < 1.29 is 9.23 Å². The minimum atomic E-state index is -0.298. The summed E-state index contributed by atoms with van der Waals surface area (Å²) in [4.78, 5) is 14.9. The first-order valence-electron chi connectivity index (χ1n) is 5.68. The first-order chi connectivity index (χ1) is 8.17. The molecule has 2 heterocycles. The van der Waals surface area contributed by atoms with Gasteiger partial charge in [-0.15, -0.1) is 0 Å². The summed E-state index contributed by atoms with van der Waals surface area (Å²) >= 11 is 0. The molecule has 0 aromatic carbocycles. The number of aryl methyl sites for hydroxylation is 1. The monoisotopic (exact) mass is 240 g/mol. The van der Waals surface area contributed by atoms with E-state index >= 15 is 0 Å². The summed E-state index contributed by atoms with van der Waals surface area (Å²) in [6, 6.07) is 0.291. The molecule has 0 N–H and O–H groups in total. The van der Waals surface area contributed by atoms with Crippen LogP contribution in [0, 0.1) is 5.82 Å². The fourth-order valence-electron chi connectivity index (χ4n) is 1.87. The van der Waals surface area contributed by atoms with E-state index in [2.05, 4.69) is 9.97 Å². The van der Waals surface area contributed by atoms with Crippen LogP contribution in [0.5, 0.6) is 0 Å². The Kier molecular flexibility index (Phi) is 3.54. The van der Waals surface area contributed by atoms with Crippen LogP contribution in [0.15, 0.2) is 6.33 Å². The molecule has 0 saturated carbocycles. The minimum absolute atomic E-state index is 0.291. The lowest BCUT2D eigenvalue weighted by molar-refractivity contribution is -0.146. The number of hydroxylamine groups is 2. The Hall–Kier alpha value is -1.27. The molecule has 1 fully saturated rings. The second-order valence-corrected chi connectivity index (χ2v) is 4.10. The molecule has 6 heteroatoms. The molecular weight excluding hydrogens is 223 g/mol. The van der Waals surface area contributed by atoms with Gasteiger partial charge >= 0.3 is 0 Å². The Balaban J connectivity index is 2.06. The fraction of sp³-hybridized carbons (Fsp3) is 0.636. The number of nitrogens with zero attached hydrogens (tertiary/aromatic N) is 4. The van der Waals surface area contributed by atoms with Crippen LogP contribution in [-0.4, -0.2) is 48.3 Å². The van der Waals surface area contributed by atoms with Gasteiger partial charge in [0.25, 0.3) is 0 Å². The summed E-state index contributed by atoms with van der Waals surface area (Å²) in [5, 5.41) is 1.77. The summed E-state index contributed by atoms with van der Waals surface area (Å²) in [7, 11) is 3.50. The van der Waals surface area contributed by atoms with Crippen LogP contribution in [0.4, 0.5) is 10.2 Å². The molecule has 1 aliphatic rings. The first kappa shape index (κ1) is 12.2. The Morgan fingerprint density at radius 3 is 2.82 bits per heavy atom. The molecule has 1 aromatic heterocycles. The van der Waals surface area contributed by atoms with Crippen molar-refractivity contribution in [3.05, 3.63) is 17.8 Å². The van der Waals surface area contributed by atoms with Crippen molar-refractivity contribution in [2.45, 2.75) is 19.4 Å². The zero-order valence-electron chi connectivity index (χ0n) is 10.4. The molecule has 1 aliphatic heterocycles. The van der Waals surface area contributed by atoms with E-state index in [1.165, 1.54) is 6.33 Å². The van der Waals surface area contributed by atoms with Crippen LogP contribution in [0.3, 0.4) is 0 Å². The first-order valence-corrected chi connectivity index (χ1v) is 5.68. The quantitative estimate of drug-likeness (QED) is 0.730. The highest BCUT2D eigenvalue weighted by atomic mass is 19.1. The van der Waals surface area contributed by atoms with E-state index in [1.807, 2.05) is 18.9 Å². The van der Waals surface area contributed by atoms with Gasteiger partial charge in [0.15, 0.2) is 11.6 Å². The highest BCUT2D eigenvalue weighted by molar-refractivity contribution is 5.44. The van der Waals surface area contributed by atoms with Crippen molar-refractivity contribution in [3.8, 4) is 0 Å². The van der Waals surface area contributed by atoms with Gasteiger partial charge in [-0.3, -0.25) is 0 Å². The molecule has 0 radical (unpaired) electrons. The average Bonchev–Trinajstić information content (AvgIpc) is 2.29. The van der Waals surface area contributed by atoms with Gasteiger partial charge in [-0.05, 0) is 6.42 Å². The summed E-state index contributed by atoms with van der Waals surface area (Å²) < 4.78 is 13.9. The van der Waals surface area contributed by atoms with Gasteiger partial charge < -0.3 is 9.74 Å². The average molecular weight is 240 g/mol. The maximum atomic E-state index is 13.9. The number of halogens is 1. The summed E-state index contributed by atoms with van der Waals surface area (Å²) in [5.41, 5.74) is 0.471. The highest BCUT2D eigenvalue weighted by Crippen LogP contribution is 2.24. The maximum Gasteiger partial charge on any atom is 0.187 e. The predicted molar refractivity (Wildman–Crippen MR) is 62.1 cm³/mol. The Morgan fingerprint density at radius 1 is 1.53 bits per heavy atom. The SMILES string of the molecule is CCc1ncnc(N2CC(N(C)OC)C2)c1F. The van der Waals surface area contributed by atoms with E-state index in [9.17, 15) is 4.39 Å². The van der Waals surface area contributed by atoms with E-state index in [0.29, 0.717) is 24.0 Å². The highest BCUT2D eigenvalue weighted by Gasteiger charge is 2.33. The molecule has 0 aliphatic carbocycles. The van der Waals surface area contributed by atoms with Crippen LogP contribution in [0.2, 0.25) is 0 Å². The van der Waals surface area contributed by atoms with Crippen molar-refractivity contribution in [2.75, 3.05) is 32.1 Å². The van der Waals surface area contributed by atoms with Gasteiger partial charge in [0, 0.05) is 20.1 Å². The lowest BCUT2D eigenvalue weighted by Gasteiger charge is -2.43. The molecule has 0 unspecified atom stereocenters. The predicted octanol–water partition coefficient (Wildman–Crippen LogP) is 0.860. The number of hydrogen-bond acceptors (Lipinski definition) is 5. The largest absolute Gasteiger partial charge is 0.351 e. The van der Waals surface area contributed by atoms with Crippen molar-refractivity contribution in [1.29, 1.82) is 0 Å². The summed E-state index contributed by atoms with van der Waals surface area (Å²) in [6.45, 7) is 3.33. The smallest absolute Gasteiger partial charge is 0.187 e. The molecule has 0 amide bonds. The number of rotatable bonds is 4. The Bertz CT molecular complexity index is 395. The van der Waals surface area contributed by atoms with Gasteiger partial charge in [0.05, 0.1) is 18.8 Å². The normalized spacial score (nSPS) is 16.4. The molecule has 17 heavy (non-hydrogen) atoms. The molecule has 0 atom stereocenters. The van der Waals surface area contributed by atoms with Gasteiger partial charge in [0.1, 0.15) is 6.33 Å². The second-order valence-electron chi connectivity index (χ2n) is 4.10. The fourth-order valence-corrected chi connectivity index (χ4v) is 1.87. The molecule has 0 bridgehead atoms. The standard InChI is InChI=1S/C11H17FN4O/c1-4-9-10(12)11(14-7-13-9)16-5-8(6-16)15(2)17-3/h7-8H,4-6H2,1-3H3. The number of aromatic nitrogens is 2. The zero-order chi connectivity index (χ0) is 12.4. The third-order valence-electron chi connectivity index (χ3n) is 3.14. The van der Waals surface area contributed by atoms with Crippen LogP contribution < -0.4 is 4.90 Å². The van der Waals surface area contributed by atoms with E-state index < -0.39 is 0 Å². The Morgan fingerprint density at radius 2 is 2.24 bits per heavy atom. The topological polar surface area (TPSA) is 41.5 Å². The molecule has 0 spiro atoms. The van der Waals surface area contributed by atoms with Gasteiger partial charge in [-0.1, -0.05) is 6.92 Å². The van der Waals surface area contributed by atoms with Crippen LogP contribution in [-0.2, 0) is 11.3 Å². The summed E-state index contributed by atoms with van der Waals surface area (Å²) in [6.07, 6.45) is 2.00. The lowest BCUT2D eigenvalue weighted by atomic mass is 10.1. The van der Waals surface area contributed by atoms with Crippen molar-refractivity contribution >= 4 is 5.82 Å².